The molecule has 0 amide bonds. The molecule has 3 aromatic rings. The van der Waals surface area contributed by atoms with E-state index in [-0.39, 0.29) is 12.3 Å². The quantitative estimate of drug-likeness (QED) is 0.400. The summed E-state index contributed by atoms with van der Waals surface area (Å²) in [6, 6.07) is 22.4. The van der Waals surface area contributed by atoms with Crippen molar-refractivity contribution in [2.24, 2.45) is 0 Å². The van der Waals surface area contributed by atoms with E-state index in [0.29, 0.717) is 13.2 Å². The van der Waals surface area contributed by atoms with Gasteiger partial charge in [-0.1, -0.05) is 50.2 Å². The van der Waals surface area contributed by atoms with Crippen LogP contribution in [0.15, 0.2) is 78.9 Å². The maximum Gasteiger partial charge on any atom is 0.290 e. The van der Waals surface area contributed by atoms with Crippen LogP contribution in [-0.4, -0.2) is 24.8 Å². The summed E-state index contributed by atoms with van der Waals surface area (Å²) in [5, 5.41) is 6.89. The summed E-state index contributed by atoms with van der Waals surface area (Å²) in [5.41, 5.74) is 4.35. The van der Waals surface area contributed by atoms with Crippen LogP contribution in [0.5, 0.6) is 11.5 Å². The number of allylic oxidation sites excluding steroid dienone is 1. The Morgan fingerprint density at radius 1 is 0.844 bits per heavy atom. The molecule has 5 heteroatoms. The number of ether oxygens (including phenoxy) is 2. The van der Waals surface area contributed by atoms with Gasteiger partial charge in [0.15, 0.2) is 0 Å². The normalized spacial score (nSPS) is 10.1. The zero-order valence-electron chi connectivity index (χ0n) is 19.0. The van der Waals surface area contributed by atoms with Crippen LogP contribution in [0.25, 0.3) is 16.7 Å². The Labute approximate surface area is 190 Å². The minimum absolute atomic E-state index is 0.221. The maximum atomic E-state index is 13.0. The Balaban J connectivity index is 0.000000944. The maximum absolute atomic E-state index is 13.0. The van der Waals surface area contributed by atoms with Crippen LogP contribution in [0.2, 0.25) is 0 Å². The molecule has 0 aromatic heterocycles. The van der Waals surface area contributed by atoms with E-state index < -0.39 is 0 Å². The molecule has 0 heterocycles. The first kappa shape index (κ1) is 26.4. The van der Waals surface area contributed by atoms with Crippen LogP contribution in [-0.2, 0) is 4.79 Å². The lowest BCUT2D eigenvalue weighted by atomic mass is 10.0. The molecule has 0 radical (unpaired) electrons. The van der Waals surface area contributed by atoms with Gasteiger partial charge in [-0.3, -0.25) is 4.79 Å². The molecular weight excluding hydrogens is 407 g/mol. The average molecular weight is 439 g/mol. The molecule has 0 fully saturated rings. The highest BCUT2D eigenvalue weighted by molar-refractivity contribution is 5.69. The molecule has 0 aliphatic carbocycles. The highest BCUT2D eigenvalue weighted by Gasteiger charge is 2.01. The Bertz CT molecular complexity index is 931. The van der Waals surface area contributed by atoms with Crippen molar-refractivity contribution >= 4 is 12.0 Å². The Kier molecular flexibility index (Phi) is 12.6. The van der Waals surface area contributed by atoms with Gasteiger partial charge >= 0.3 is 0 Å². The second-order valence-electron chi connectivity index (χ2n) is 6.29. The predicted molar refractivity (Wildman–Crippen MR) is 129 cm³/mol. The molecule has 0 saturated carbocycles. The molecule has 4 nitrogen and oxygen atoms in total. The van der Waals surface area contributed by atoms with Crippen molar-refractivity contribution in [1.29, 1.82) is 0 Å². The van der Waals surface area contributed by atoms with Crippen LogP contribution in [0.1, 0.15) is 33.3 Å². The molecule has 3 rings (SSSR count). The molecule has 0 unspecified atom stereocenters. The van der Waals surface area contributed by atoms with Gasteiger partial charge in [0.25, 0.3) is 6.47 Å². The van der Waals surface area contributed by atoms with E-state index in [0.717, 1.165) is 33.8 Å². The third-order valence-corrected chi connectivity index (χ3v) is 4.29. The number of carboxylic acid groups (broad SMARTS) is 1. The molecule has 0 bridgehead atoms. The Morgan fingerprint density at radius 3 is 1.75 bits per heavy atom. The summed E-state index contributed by atoms with van der Waals surface area (Å²) >= 11 is 0. The first-order chi connectivity index (χ1) is 15.6. The molecular formula is C27H31FO4. The van der Waals surface area contributed by atoms with Crippen molar-refractivity contribution in [1.82, 2.24) is 0 Å². The Morgan fingerprint density at radius 2 is 1.28 bits per heavy atom. The van der Waals surface area contributed by atoms with Crippen LogP contribution in [0.4, 0.5) is 4.39 Å². The Hall–Kier alpha value is -3.60. The van der Waals surface area contributed by atoms with Crippen molar-refractivity contribution in [3.8, 4) is 22.6 Å². The summed E-state index contributed by atoms with van der Waals surface area (Å²) in [6.45, 7) is 8.93. The zero-order valence-corrected chi connectivity index (χ0v) is 19.0. The van der Waals surface area contributed by atoms with Crippen molar-refractivity contribution in [3.05, 3.63) is 90.3 Å². The van der Waals surface area contributed by atoms with Crippen molar-refractivity contribution in [2.45, 2.75) is 27.7 Å². The smallest absolute Gasteiger partial charge is 0.290 e. The van der Waals surface area contributed by atoms with Gasteiger partial charge in [0.2, 0.25) is 0 Å². The molecule has 0 saturated heterocycles. The summed E-state index contributed by atoms with van der Waals surface area (Å²) < 4.78 is 24.2. The fourth-order valence-corrected chi connectivity index (χ4v) is 2.75. The second-order valence-corrected chi connectivity index (χ2v) is 6.29. The van der Waals surface area contributed by atoms with E-state index in [2.05, 4.69) is 25.1 Å². The molecule has 0 aliphatic heterocycles. The lowest BCUT2D eigenvalue weighted by molar-refractivity contribution is -0.122. The van der Waals surface area contributed by atoms with Gasteiger partial charge in [0.1, 0.15) is 23.9 Å². The third-order valence-electron chi connectivity index (χ3n) is 4.29. The van der Waals surface area contributed by atoms with E-state index in [1.54, 1.807) is 12.1 Å². The topological polar surface area (TPSA) is 55.8 Å². The molecule has 0 spiro atoms. The second kappa shape index (κ2) is 15.2. The third kappa shape index (κ3) is 9.04. The van der Waals surface area contributed by atoms with E-state index in [4.69, 9.17) is 19.4 Å². The fourth-order valence-electron chi connectivity index (χ4n) is 2.75. The SMILES string of the molecule is CC.CCOc1ccc(OC/C=C(\C)c2ccc(-c3ccc(F)cc3)cc2)cc1.O=CO. The zero-order chi connectivity index (χ0) is 23.8. The van der Waals surface area contributed by atoms with E-state index in [1.807, 2.05) is 57.2 Å². The molecule has 170 valence electrons. The van der Waals surface area contributed by atoms with E-state index in [9.17, 15) is 4.39 Å². The number of hydrogen-bond donors (Lipinski definition) is 1. The summed E-state index contributed by atoms with van der Waals surface area (Å²) in [7, 11) is 0. The van der Waals surface area contributed by atoms with Crippen LogP contribution in [0.3, 0.4) is 0 Å². The lowest BCUT2D eigenvalue weighted by Gasteiger charge is -2.08. The molecule has 1 N–H and O–H groups in total. The van der Waals surface area contributed by atoms with Gasteiger partial charge in [0.05, 0.1) is 6.61 Å². The number of carbonyl (C=O) groups is 1. The van der Waals surface area contributed by atoms with Gasteiger partial charge in [-0.2, -0.15) is 0 Å². The van der Waals surface area contributed by atoms with Gasteiger partial charge in [-0.25, -0.2) is 4.39 Å². The first-order valence-corrected chi connectivity index (χ1v) is 10.5. The van der Waals surface area contributed by atoms with Crippen LogP contribution < -0.4 is 9.47 Å². The summed E-state index contributed by atoms with van der Waals surface area (Å²) in [4.78, 5) is 8.36. The van der Waals surface area contributed by atoms with Crippen molar-refractivity contribution < 1.29 is 23.8 Å². The van der Waals surface area contributed by atoms with Crippen molar-refractivity contribution in [3.63, 3.8) is 0 Å². The molecule has 0 atom stereocenters. The number of halogens is 1. The fraction of sp³-hybridized carbons (Fsp3) is 0.222. The number of rotatable bonds is 7. The lowest BCUT2D eigenvalue weighted by Crippen LogP contribution is -1.95. The molecule has 3 aromatic carbocycles. The highest BCUT2D eigenvalue weighted by Crippen LogP contribution is 2.23. The standard InChI is InChI=1S/C24H23FO2.C2H6.CH2O2/c1-3-26-23-12-14-24(15-13-23)27-17-16-18(2)19-4-6-20(7-5-19)21-8-10-22(25)11-9-21;1-2;2-1-3/h4-16H,3,17H2,1-2H3;1-2H3;1H,(H,2,3)/b18-16+;;. The van der Waals surface area contributed by atoms with E-state index >= 15 is 0 Å². The van der Waals surface area contributed by atoms with Gasteiger partial charge < -0.3 is 14.6 Å². The highest BCUT2D eigenvalue weighted by atomic mass is 19.1. The van der Waals surface area contributed by atoms with Crippen LogP contribution >= 0.6 is 0 Å². The minimum atomic E-state index is -0.250. The molecule has 0 aliphatic rings. The minimum Gasteiger partial charge on any atom is -0.494 e. The predicted octanol–water partition coefficient (Wildman–Crippen LogP) is 7.10. The van der Waals surface area contributed by atoms with Crippen LogP contribution in [0, 0.1) is 5.82 Å². The van der Waals surface area contributed by atoms with Gasteiger partial charge in [0, 0.05) is 0 Å². The van der Waals surface area contributed by atoms with Gasteiger partial charge in [-0.05, 0) is 78.6 Å². The number of benzene rings is 3. The van der Waals surface area contributed by atoms with Crippen molar-refractivity contribution in [2.75, 3.05) is 13.2 Å². The largest absolute Gasteiger partial charge is 0.494 e. The summed E-state index contributed by atoms with van der Waals surface area (Å²) in [6.07, 6.45) is 2.06. The monoisotopic (exact) mass is 438 g/mol. The average Bonchev–Trinajstić information content (AvgIpc) is 2.83. The van der Waals surface area contributed by atoms with Gasteiger partial charge in [-0.15, -0.1) is 0 Å². The number of hydrogen-bond acceptors (Lipinski definition) is 3. The van der Waals surface area contributed by atoms with E-state index in [1.165, 1.54) is 12.1 Å². The first-order valence-electron chi connectivity index (χ1n) is 10.5. The molecule has 32 heavy (non-hydrogen) atoms. The summed E-state index contributed by atoms with van der Waals surface area (Å²) in [5.74, 6) is 1.44.